The predicted octanol–water partition coefficient (Wildman–Crippen LogP) is 1.96. The van der Waals surface area contributed by atoms with E-state index in [0.29, 0.717) is 47.5 Å². The second-order valence-electron chi connectivity index (χ2n) is 9.05. The van der Waals surface area contributed by atoms with Gasteiger partial charge in [0.1, 0.15) is 17.1 Å². The van der Waals surface area contributed by atoms with Crippen LogP contribution < -0.4 is 15.0 Å². The van der Waals surface area contributed by atoms with Gasteiger partial charge in [0.2, 0.25) is 0 Å². The van der Waals surface area contributed by atoms with Crippen LogP contribution in [0.3, 0.4) is 0 Å². The van der Waals surface area contributed by atoms with E-state index in [0.717, 1.165) is 25.8 Å². The van der Waals surface area contributed by atoms with Crippen LogP contribution in [0.15, 0.2) is 27.9 Å². The average molecular weight is 517 g/mol. The van der Waals surface area contributed by atoms with Gasteiger partial charge in [-0.1, -0.05) is 20.3 Å². The number of likely N-dealkylation sites (tertiary alicyclic amines) is 1. The molecule has 1 saturated heterocycles. The Kier molecular flexibility index (Phi) is 7.46. The van der Waals surface area contributed by atoms with Crippen LogP contribution in [0.5, 0.6) is 5.75 Å². The lowest BCUT2D eigenvalue weighted by atomic mass is 10.1. The lowest BCUT2D eigenvalue weighted by Crippen LogP contribution is -2.43. The van der Waals surface area contributed by atoms with E-state index in [1.165, 1.54) is 22.9 Å². The van der Waals surface area contributed by atoms with E-state index in [2.05, 4.69) is 19.8 Å². The van der Waals surface area contributed by atoms with Gasteiger partial charge in [-0.2, -0.15) is 5.10 Å². The summed E-state index contributed by atoms with van der Waals surface area (Å²) >= 11 is 0. The van der Waals surface area contributed by atoms with Crippen molar-refractivity contribution in [2.45, 2.75) is 56.9 Å². The van der Waals surface area contributed by atoms with Crippen molar-refractivity contribution in [2.75, 3.05) is 20.2 Å². The molecule has 4 rings (SSSR count). The fourth-order valence-corrected chi connectivity index (χ4v) is 5.52. The van der Waals surface area contributed by atoms with Gasteiger partial charge in [-0.15, -0.1) is 0 Å². The number of sulfonamides is 1. The molecule has 3 heterocycles. The second kappa shape index (κ2) is 10.4. The summed E-state index contributed by atoms with van der Waals surface area (Å²) in [6, 6.07) is 3.78. The van der Waals surface area contributed by atoms with Crippen LogP contribution in [0.2, 0.25) is 0 Å². The molecule has 1 atom stereocenters. The monoisotopic (exact) mass is 516 g/mol. The van der Waals surface area contributed by atoms with Crippen molar-refractivity contribution in [3.05, 3.63) is 34.2 Å². The molecule has 1 aromatic carbocycles. The smallest absolute Gasteiger partial charge is 0.277 e. The predicted molar refractivity (Wildman–Crippen MR) is 135 cm³/mol. The summed E-state index contributed by atoms with van der Waals surface area (Å²) in [5, 5.41) is 4.44. The summed E-state index contributed by atoms with van der Waals surface area (Å²) < 4.78 is 35.8. The van der Waals surface area contributed by atoms with Crippen LogP contribution in [0, 0.1) is 0 Å². The van der Waals surface area contributed by atoms with Gasteiger partial charge in [0.15, 0.2) is 5.52 Å². The molecule has 2 aromatic heterocycles. The van der Waals surface area contributed by atoms with Gasteiger partial charge in [0, 0.05) is 7.05 Å². The van der Waals surface area contributed by atoms with E-state index in [-0.39, 0.29) is 16.3 Å². The largest absolute Gasteiger partial charge is 0.493 e. The highest BCUT2D eigenvalue weighted by Gasteiger charge is 2.31. The molecule has 3 aromatic rings. The van der Waals surface area contributed by atoms with Gasteiger partial charge < -0.3 is 9.72 Å². The van der Waals surface area contributed by atoms with E-state index in [4.69, 9.17) is 4.74 Å². The summed E-state index contributed by atoms with van der Waals surface area (Å²) in [7, 11) is -0.689. The number of carbonyl (C=O) groups is 1. The quantitative estimate of drug-likeness (QED) is 0.440. The number of aryl methyl sites for hydroxylation is 2. The lowest BCUT2D eigenvalue weighted by Gasteiger charge is -2.19. The molecule has 1 unspecified atom stereocenters. The number of aromatic amines is 1. The highest BCUT2D eigenvalue weighted by molar-refractivity contribution is 7.90. The van der Waals surface area contributed by atoms with Gasteiger partial charge in [0.25, 0.3) is 21.5 Å². The molecule has 36 heavy (non-hydrogen) atoms. The first-order valence-corrected chi connectivity index (χ1v) is 13.6. The molecule has 0 saturated carbocycles. The number of carbonyl (C=O) groups excluding carboxylic acids is 1. The van der Waals surface area contributed by atoms with Crippen molar-refractivity contribution in [2.24, 2.45) is 7.05 Å². The first-order valence-electron chi connectivity index (χ1n) is 12.2. The average Bonchev–Trinajstić information content (AvgIpc) is 3.40. The number of rotatable bonds is 9. The summed E-state index contributed by atoms with van der Waals surface area (Å²) in [5.74, 6) is -0.0145. The summed E-state index contributed by atoms with van der Waals surface area (Å²) in [4.78, 5) is 34.8. The fraction of sp³-hybridized carbons (Fsp3) is 0.500. The molecular weight excluding hydrogens is 484 g/mol. The number of aromatic nitrogens is 4. The molecule has 0 radical (unpaired) electrons. The number of H-pyrrole nitrogens is 1. The lowest BCUT2D eigenvalue weighted by molar-refractivity contribution is -0.123. The zero-order chi connectivity index (χ0) is 26.0. The Hall–Kier alpha value is -3.25. The maximum absolute atomic E-state index is 13.1. The number of hydrogen-bond acceptors (Lipinski definition) is 8. The molecule has 194 valence electrons. The van der Waals surface area contributed by atoms with Gasteiger partial charge >= 0.3 is 0 Å². The van der Waals surface area contributed by atoms with Crippen LogP contribution in [-0.4, -0.2) is 65.2 Å². The number of hydrogen-bond donors (Lipinski definition) is 2. The third-order valence-corrected chi connectivity index (χ3v) is 7.63. The maximum Gasteiger partial charge on any atom is 0.277 e. The third kappa shape index (κ3) is 5.00. The SMILES string of the molecule is CCCOc1ccc(S(=O)(=O)NC(=O)C2CCCN2C)cc1-c1nc2c(CCC)nn(C)c2c(=O)[nH]1. The second-order valence-corrected chi connectivity index (χ2v) is 10.7. The minimum absolute atomic E-state index is 0.127. The number of nitrogens with zero attached hydrogens (tertiary/aromatic N) is 4. The van der Waals surface area contributed by atoms with Gasteiger partial charge in [-0.25, -0.2) is 18.1 Å². The molecule has 1 fully saturated rings. The van der Waals surface area contributed by atoms with Crippen molar-refractivity contribution >= 4 is 27.0 Å². The van der Waals surface area contributed by atoms with Crippen molar-refractivity contribution in [3.63, 3.8) is 0 Å². The van der Waals surface area contributed by atoms with E-state index >= 15 is 0 Å². The highest BCUT2D eigenvalue weighted by Crippen LogP contribution is 2.31. The van der Waals surface area contributed by atoms with Crippen molar-refractivity contribution < 1.29 is 17.9 Å². The molecule has 0 spiro atoms. The van der Waals surface area contributed by atoms with Crippen LogP contribution in [0.25, 0.3) is 22.4 Å². The Labute approximate surface area is 209 Å². The molecule has 1 aliphatic rings. The van der Waals surface area contributed by atoms with Crippen molar-refractivity contribution in [1.29, 1.82) is 0 Å². The molecule has 11 nitrogen and oxygen atoms in total. The topological polar surface area (TPSA) is 139 Å². The Balaban J connectivity index is 1.79. The van der Waals surface area contributed by atoms with Crippen LogP contribution in [0.4, 0.5) is 0 Å². The number of likely N-dealkylation sites (N-methyl/N-ethyl adjacent to an activating group) is 1. The van der Waals surface area contributed by atoms with E-state index in [1.54, 1.807) is 14.1 Å². The number of benzene rings is 1. The Morgan fingerprint density at radius 3 is 2.69 bits per heavy atom. The molecular formula is C24H32N6O5S. The van der Waals surface area contributed by atoms with Crippen LogP contribution in [0.1, 0.15) is 45.2 Å². The molecule has 12 heteroatoms. The first-order chi connectivity index (χ1) is 17.2. The molecule has 1 aliphatic heterocycles. The number of amides is 1. The Morgan fingerprint density at radius 1 is 1.25 bits per heavy atom. The van der Waals surface area contributed by atoms with Crippen molar-refractivity contribution in [1.82, 2.24) is 29.4 Å². The minimum Gasteiger partial charge on any atom is -0.493 e. The summed E-state index contributed by atoms with van der Waals surface area (Å²) in [6.07, 6.45) is 3.63. The molecule has 0 bridgehead atoms. The van der Waals surface area contributed by atoms with E-state index in [9.17, 15) is 18.0 Å². The molecule has 2 N–H and O–H groups in total. The number of ether oxygens (including phenoxy) is 1. The third-order valence-electron chi connectivity index (χ3n) is 6.29. The van der Waals surface area contributed by atoms with Gasteiger partial charge in [-0.3, -0.25) is 19.2 Å². The maximum atomic E-state index is 13.1. The van der Waals surface area contributed by atoms with Crippen molar-refractivity contribution in [3.8, 4) is 17.1 Å². The van der Waals surface area contributed by atoms with Gasteiger partial charge in [-0.05, 0) is 57.5 Å². The standard InChI is InChI=1S/C24H32N6O5S/c1-5-8-17-20-21(30(4)27-17)24(32)26-22(25-20)16-14-15(10-11-19(16)35-13-6-2)36(33,34)28-23(31)18-9-7-12-29(18)3/h10-11,14,18H,5-9,12-13H2,1-4H3,(H,28,31)(H,25,26,32). The normalized spacial score (nSPS) is 16.5. The summed E-state index contributed by atoms with van der Waals surface area (Å²) in [5.41, 5.74) is 1.41. The van der Waals surface area contributed by atoms with E-state index < -0.39 is 22.0 Å². The zero-order valence-electron chi connectivity index (χ0n) is 21.0. The number of nitrogens with one attached hydrogen (secondary N) is 2. The first kappa shape index (κ1) is 25.8. The highest BCUT2D eigenvalue weighted by atomic mass is 32.2. The Bertz CT molecular complexity index is 1450. The number of fused-ring (bicyclic) bond motifs is 1. The minimum atomic E-state index is -4.17. The van der Waals surface area contributed by atoms with Crippen LogP contribution >= 0.6 is 0 Å². The van der Waals surface area contributed by atoms with E-state index in [1.807, 2.05) is 18.7 Å². The molecule has 0 aliphatic carbocycles. The van der Waals surface area contributed by atoms with Gasteiger partial charge in [0.05, 0.1) is 28.8 Å². The fourth-order valence-electron chi connectivity index (χ4n) is 4.48. The summed E-state index contributed by atoms with van der Waals surface area (Å²) in [6.45, 7) is 5.09. The zero-order valence-corrected chi connectivity index (χ0v) is 21.8. The van der Waals surface area contributed by atoms with Crippen LogP contribution in [-0.2, 0) is 28.3 Å². The Morgan fingerprint density at radius 2 is 2.03 bits per heavy atom. The molecule has 1 amide bonds.